The molecule has 0 aromatic heterocycles. The second-order valence-electron chi connectivity index (χ2n) is 9.38. The first-order chi connectivity index (χ1) is 14.6. The molecule has 3 fully saturated rings. The molecule has 162 valence electrons. The molecule has 0 spiro atoms. The second kappa shape index (κ2) is 8.19. The zero-order valence-electron chi connectivity index (χ0n) is 17.8. The number of hydrogen-bond acceptors (Lipinski definition) is 5. The lowest BCUT2D eigenvalue weighted by Crippen LogP contribution is -2.62. The van der Waals surface area contributed by atoms with Gasteiger partial charge in [-0.05, 0) is 55.5 Å². The van der Waals surface area contributed by atoms with E-state index in [0.29, 0.717) is 24.5 Å². The van der Waals surface area contributed by atoms with Gasteiger partial charge in [0.15, 0.2) is 0 Å². The maximum absolute atomic E-state index is 12.3. The highest BCUT2D eigenvalue weighted by atomic mass is 16.2. The first kappa shape index (κ1) is 19.8. The van der Waals surface area contributed by atoms with Crippen molar-refractivity contribution in [3.63, 3.8) is 0 Å². The molecule has 2 amide bonds. The highest BCUT2D eigenvalue weighted by molar-refractivity contribution is 5.98. The largest absolute Gasteiger partial charge is 0.369 e. The summed E-state index contributed by atoms with van der Waals surface area (Å²) in [6.07, 6.45) is 3.01. The summed E-state index contributed by atoms with van der Waals surface area (Å²) in [6.45, 7) is 9.05. The van der Waals surface area contributed by atoms with E-state index in [2.05, 4.69) is 44.8 Å². The molecule has 3 N–H and O–H groups in total. The average Bonchev–Trinajstić information content (AvgIpc) is 3.14. The van der Waals surface area contributed by atoms with Crippen molar-refractivity contribution in [2.75, 3.05) is 44.2 Å². The molecule has 7 heteroatoms. The van der Waals surface area contributed by atoms with Crippen molar-refractivity contribution < 1.29 is 9.59 Å². The lowest BCUT2D eigenvalue weighted by atomic mass is 9.80. The van der Waals surface area contributed by atoms with Gasteiger partial charge >= 0.3 is 0 Å². The summed E-state index contributed by atoms with van der Waals surface area (Å²) in [5.41, 5.74) is 3.16. The Morgan fingerprint density at radius 3 is 2.70 bits per heavy atom. The topological polar surface area (TPSA) is 76.7 Å². The standard InChI is InChI=1S/C23H33N5O2/c1-2-16-11-20-21(26-22(16)29)9-15(12-24-20)14-27-5-7-28(8-6-27)18-3-4-19-17(10-18)13-25-23(19)30/h3-4,10,15-16,20-21,24H,2,5-9,11-14H2,1H3,(H,25,30)(H,26,29). The minimum Gasteiger partial charge on any atom is -0.369 e. The van der Waals surface area contributed by atoms with Gasteiger partial charge < -0.3 is 20.9 Å². The molecule has 4 aliphatic heterocycles. The molecule has 0 radical (unpaired) electrons. The Labute approximate surface area is 178 Å². The average molecular weight is 412 g/mol. The van der Waals surface area contributed by atoms with Gasteiger partial charge in [0.25, 0.3) is 5.91 Å². The summed E-state index contributed by atoms with van der Waals surface area (Å²) < 4.78 is 0. The molecule has 4 unspecified atom stereocenters. The number of nitrogens with zero attached hydrogens (tertiary/aromatic N) is 2. The highest BCUT2D eigenvalue weighted by Gasteiger charge is 2.39. The number of piperidine rings is 2. The van der Waals surface area contributed by atoms with Crippen molar-refractivity contribution >= 4 is 17.5 Å². The maximum Gasteiger partial charge on any atom is 0.251 e. The van der Waals surface area contributed by atoms with Gasteiger partial charge in [-0.2, -0.15) is 0 Å². The van der Waals surface area contributed by atoms with Crippen LogP contribution in [0.1, 0.15) is 42.1 Å². The molecule has 30 heavy (non-hydrogen) atoms. The Kier molecular flexibility index (Phi) is 5.41. The number of carbonyl (C=O) groups is 2. The zero-order chi connectivity index (χ0) is 20.7. The number of carbonyl (C=O) groups excluding carboxylic acids is 2. The van der Waals surface area contributed by atoms with Crippen molar-refractivity contribution in [3.05, 3.63) is 29.3 Å². The van der Waals surface area contributed by atoms with Crippen LogP contribution >= 0.6 is 0 Å². The van der Waals surface area contributed by atoms with Crippen LogP contribution in [-0.2, 0) is 11.3 Å². The molecule has 1 aromatic rings. The van der Waals surface area contributed by atoms with E-state index in [1.807, 2.05) is 6.07 Å². The monoisotopic (exact) mass is 411 g/mol. The van der Waals surface area contributed by atoms with E-state index < -0.39 is 0 Å². The van der Waals surface area contributed by atoms with Crippen molar-refractivity contribution in [2.24, 2.45) is 11.8 Å². The molecule has 3 saturated heterocycles. The van der Waals surface area contributed by atoms with Crippen LogP contribution in [0.25, 0.3) is 0 Å². The van der Waals surface area contributed by atoms with Crippen LogP contribution in [0.3, 0.4) is 0 Å². The van der Waals surface area contributed by atoms with Crippen LogP contribution in [0.4, 0.5) is 5.69 Å². The smallest absolute Gasteiger partial charge is 0.251 e. The van der Waals surface area contributed by atoms with Gasteiger partial charge in [0.1, 0.15) is 0 Å². The van der Waals surface area contributed by atoms with Crippen LogP contribution < -0.4 is 20.9 Å². The van der Waals surface area contributed by atoms with Gasteiger partial charge in [0, 0.05) is 68.5 Å². The SMILES string of the molecule is CCC1CC2NCC(CN3CCN(c4ccc5c(c4)CNC5=O)CC3)CC2NC1=O. The number of benzene rings is 1. The van der Waals surface area contributed by atoms with Gasteiger partial charge in [-0.25, -0.2) is 0 Å². The van der Waals surface area contributed by atoms with Gasteiger partial charge in [0.2, 0.25) is 5.91 Å². The van der Waals surface area contributed by atoms with Gasteiger partial charge in [-0.1, -0.05) is 6.92 Å². The van der Waals surface area contributed by atoms with Crippen molar-refractivity contribution in [3.8, 4) is 0 Å². The summed E-state index contributed by atoms with van der Waals surface area (Å²) in [5, 5.41) is 9.90. The molecule has 0 aliphatic carbocycles. The molecule has 4 heterocycles. The van der Waals surface area contributed by atoms with Gasteiger partial charge in [0.05, 0.1) is 0 Å². The Bertz CT molecular complexity index is 820. The van der Waals surface area contributed by atoms with Crippen LogP contribution in [0, 0.1) is 11.8 Å². The molecular formula is C23H33N5O2. The molecule has 7 nitrogen and oxygen atoms in total. The highest BCUT2D eigenvalue weighted by Crippen LogP contribution is 2.28. The summed E-state index contributed by atoms with van der Waals surface area (Å²) in [6, 6.07) is 6.96. The molecule has 4 aliphatic rings. The number of amides is 2. The van der Waals surface area contributed by atoms with Gasteiger partial charge in [-0.15, -0.1) is 0 Å². The summed E-state index contributed by atoms with van der Waals surface area (Å²) >= 11 is 0. The van der Waals surface area contributed by atoms with Crippen LogP contribution in [0.2, 0.25) is 0 Å². The van der Waals surface area contributed by atoms with E-state index in [4.69, 9.17) is 0 Å². The first-order valence-electron chi connectivity index (χ1n) is 11.5. The fourth-order valence-corrected chi connectivity index (χ4v) is 5.65. The zero-order valence-corrected chi connectivity index (χ0v) is 17.8. The van der Waals surface area contributed by atoms with Crippen molar-refractivity contribution in [1.82, 2.24) is 20.9 Å². The first-order valence-corrected chi connectivity index (χ1v) is 11.5. The predicted molar refractivity (Wildman–Crippen MR) is 116 cm³/mol. The third kappa shape index (κ3) is 3.81. The Morgan fingerprint density at radius 1 is 1.07 bits per heavy atom. The summed E-state index contributed by atoms with van der Waals surface area (Å²) in [5.74, 6) is 1.06. The number of anilines is 1. The molecule has 0 bridgehead atoms. The predicted octanol–water partition coefficient (Wildman–Crippen LogP) is 0.945. The fraction of sp³-hybridized carbons (Fsp3) is 0.652. The van der Waals surface area contributed by atoms with Crippen LogP contribution in [0.5, 0.6) is 0 Å². The molecule has 1 aromatic carbocycles. The summed E-state index contributed by atoms with van der Waals surface area (Å²) in [4.78, 5) is 29.0. The maximum atomic E-state index is 12.3. The minimum atomic E-state index is 0.0454. The number of piperazine rings is 1. The van der Waals surface area contributed by atoms with E-state index in [-0.39, 0.29) is 17.7 Å². The lowest BCUT2D eigenvalue weighted by Gasteiger charge is -2.44. The Hall–Kier alpha value is -2.12. The Balaban J connectivity index is 1.12. The van der Waals surface area contributed by atoms with Crippen molar-refractivity contribution in [2.45, 2.75) is 44.8 Å². The summed E-state index contributed by atoms with van der Waals surface area (Å²) in [7, 11) is 0. The van der Waals surface area contributed by atoms with Gasteiger partial charge in [-0.3, -0.25) is 14.5 Å². The van der Waals surface area contributed by atoms with E-state index >= 15 is 0 Å². The third-order valence-corrected chi connectivity index (χ3v) is 7.50. The normalized spacial score (nSPS) is 31.7. The van der Waals surface area contributed by atoms with Crippen molar-refractivity contribution in [1.29, 1.82) is 0 Å². The third-order valence-electron chi connectivity index (χ3n) is 7.50. The molecular weight excluding hydrogens is 378 g/mol. The fourth-order valence-electron chi connectivity index (χ4n) is 5.65. The number of fused-ring (bicyclic) bond motifs is 2. The lowest BCUT2D eigenvalue weighted by molar-refractivity contribution is -0.129. The second-order valence-corrected chi connectivity index (χ2v) is 9.38. The van der Waals surface area contributed by atoms with E-state index in [1.54, 1.807) is 0 Å². The molecule has 5 rings (SSSR count). The van der Waals surface area contributed by atoms with Crippen LogP contribution in [0.15, 0.2) is 18.2 Å². The van der Waals surface area contributed by atoms with Crippen LogP contribution in [-0.4, -0.2) is 68.1 Å². The minimum absolute atomic E-state index is 0.0454. The molecule has 4 atom stereocenters. The number of nitrogens with one attached hydrogen (secondary N) is 3. The molecule has 0 saturated carbocycles. The Morgan fingerprint density at radius 2 is 1.90 bits per heavy atom. The van der Waals surface area contributed by atoms with E-state index in [0.717, 1.165) is 69.7 Å². The number of hydrogen-bond donors (Lipinski definition) is 3. The van der Waals surface area contributed by atoms with E-state index in [1.165, 1.54) is 5.69 Å². The quantitative estimate of drug-likeness (QED) is 0.688. The van der Waals surface area contributed by atoms with E-state index in [9.17, 15) is 9.59 Å². The number of rotatable bonds is 4.